The van der Waals surface area contributed by atoms with Crippen LogP contribution in [0.4, 0.5) is 5.82 Å². The molecule has 7 nitrogen and oxygen atoms in total. The van der Waals surface area contributed by atoms with E-state index in [9.17, 15) is 9.59 Å². The first kappa shape index (κ1) is 21.8. The summed E-state index contributed by atoms with van der Waals surface area (Å²) >= 11 is 0. The number of benzene rings is 2. The Bertz CT molecular complexity index is 1000. The number of nitrogens with one attached hydrogen (secondary N) is 1. The van der Waals surface area contributed by atoms with Gasteiger partial charge >= 0.3 is 0 Å². The van der Waals surface area contributed by atoms with Crippen LogP contribution in [0.15, 0.2) is 65.7 Å². The maximum Gasteiger partial charge on any atom is 0.297 e. The summed E-state index contributed by atoms with van der Waals surface area (Å²) < 4.78 is 1.35. The smallest absolute Gasteiger partial charge is 0.297 e. The van der Waals surface area contributed by atoms with Crippen LogP contribution in [-0.2, 0) is 11.3 Å². The van der Waals surface area contributed by atoms with E-state index in [0.717, 1.165) is 5.56 Å². The van der Waals surface area contributed by atoms with Crippen LogP contribution in [0, 0.1) is 6.92 Å². The summed E-state index contributed by atoms with van der Waals surface area (Å²) in [6.45, 7) is 4.03. The van der Waals surface area contributed by atoms with Gasteiger partial charge in [-0.1, -0.05) is 49.7 Å². The number of aryl methyl sites for hydroxylation is 2. The number of nitrogens with zero attached hydrogens (tertiary/aromatic N) is 2. The molecular weight excluding hydrogens is 368 g/mol. The van der Waals surface area contributed by atoms with Gasteiger partial charge in [0.2, 0.25) is 0 Å². The predicted molar refractivity (Wildman–Crippen MR) is 114 cm³/mol. The fraction of sp³-hybridized carbons (Fsp3) is 0.227. The van der Waals surface area contributed by atoms with E-state index in [1.807, 2.05) is 6.92 Å². The minimum absolute atomic E-state index is 0.0985. The number of hydrogen-bond donors (Lipinski definition) is 2. The average Bonchev–Trinajstić information content (AvgIpc) is 2.72. The van der Waals surface area contributed by atoms with Gasteiger partial charge < -0.3 is 5.73 Å². The van der Waals surface area contributed by atoms with Gasteiger partial charge in [-0.15, -0.1) is 0 Å². The number of anilines is 1. The molecule has 0 fully saturated rings. The van der Waals surface area contributed by atoms with Crippen LogP contribution in [0.25, 0.3) is 5.69 Å². The van der Waals surface area contributed by atoms with Gasteiger partial charge in [-0.25, -0.2) is 10.5 Å². The predicted octanol–water partition coefficient (Wildman–Crippen LogP) is 3.05. The second-order valence-electron chi connectivity index (χ2n) is 6.36. The third-order valence-electron chi connectivity index (χ3n) is 4.17. The van der Waals surface area contributed by atoms with E-state index < -0.39 is 11.5 Å². The molecule has 1 aromatic heterocycles. The summed E-state index contributed by atoms with van der Waals surface area (Å²) in [5, 5.41) is 0. The maximum absolute atomic E-state index is 12.0. The molecule has 0 aliphatic heterocycles. The Labute approximate surface area is 170 Å². The second-order valence-corrected chi connectivity index (χ2v) is 6.36. The molecule has 0 saturated carbocycles. The molecule has 0 saturated heterocycles. The zero-order valence-corrected chi connectivity index (χ0v) is 16.9. The van der Waals surface area contributed by atoms with Crippen molar-refractivity contribution in [2.45, 2.75) is 26.7 Å². The zero-order valence-electron chi connectivity index (χ0n) is 16.9. The Morgan fingerprint density at radius 3 is 2.59 bits per heavy atom. The maximum atomic E-state index is 12.0. The van der Waals surface area contributed by atoms with Crippen LogP contribution >= 0.6 is 0 Å². The summed E-state index contributed by atoms with van der Waals surface area (Å²) in [4.78, 5) is 32.0. The number of hydroxylamine groups is 1. The van der Waals surface area contributed by atoms with E-state index in [1.54, 1.807) is 18.2 Å². The fourth-order valence-electron chi connectivity index (χ4n) is 2.71. The lowest BCUT2D eigenvalue weighted by Crippen LogP contribution is -2.24. The van der Waals surface area contributed by atoms with Gasteiger partial charge in [0.05, 0.1) is 12.8 Å². The van der Waals surface area contributed by atoms with Crippen molar-refractivity contribution in [3.63, 3.8) is 0 Å². The SMILES string of the molecule is CCCc1ccccc1.CONC(=O)c1ccc(C)c(-n2ccnc(N)c2=O)c1. The van der Waals surface area contributed by atoms with Gasteiger partial charge in [0.25, 0.3) is 11.5 Å². The molecule has 1 amide bonds. The Kier molecular flexibility index (Phi) is 8.12. The zero-order chi connectivity index (χ0) is 21.2. The molecule has 1 heterocycles. The Hall–Kier alpha value is -3.45. The lowest BCUT2D eigenvalue weighted by atomic mass is 10.1. The van der Waals surface area contributed by atoms with Crippen molar-refractivity contribution in [3.8, 4) is 5.69 Å². The molecule has 0 radical (unpaired) electrons. The first-order valence-electron chi connectivity index (χ1n) is 9.29. The normalized spacial score (nSPS) is 10.0. The summed E-state index contributed by atoms with van der Waals surface area (Å²) in [7, 11) is 1.35. The number of carbonyl (C=O) groups is 1. The van der Waals surface area contributed by atoms with Gasteiger partial charge in [0, 0.05) is 18.0 Å². The van der Waals surface area contributed by atoms with Crippen molar-refractivity contribution in [2.75, 3.05) is 12.8 Å². The standard InChI is InChI=1S/C13H14N4O3.C9H12/c1-8-3-4-9(12(18)16-20-2)7-10(8)17-6-5-15-11(14)13(17)19;1-2-6-9-7-4-3-5-8-9/h3-7H,1-2H3,(H2,14,15)(H,16,18);3-5,7-8H,2,6H2,1H3. The quantitative estimate of drug-likeness (QED) is 0.648. The van der Waals surface area contributed by atoms with E-state index in [0.29, 0.717) is 11.3 Å². The van der Waals surface area contributed by atoms with Gasteiger partial charge in [0.1, 0.15) is 0 Å². The van der Waals surface area contributed by atoms with Crippen molar-refractivity contribution >= 4 is 11.7 Å². The number of nitrogens with two attached hydrogens (primary N) is 1. The third kappa shape index (κ3) is 6.02. The summed E-state index contributed by atoms with van der Waals surface area (Å²) in [5.41, 5.74) is 10.5. The number of amides is 1. The Morgan fingerprint density at radius 1 is 1.21 bits per heavy atom. The van der Waals surface area contributed by atoms with Crippen LogP contribution in [0.3, 0.4) is 0 Å². The highest BCUT2D eigenvalue weighted by Gasteiger charge is 2.11. The first-order chi connectivity index (χ1) is 14.0. The Balaban J connectivity index is 0.000000278. The van der Waals surface area contributed by atoms with Crippen molar-refractivity contribution in [3.05, 3.63) is 88.0 Å². The first-order valence-corrected chi connectivity index (χ1v) is 9.29. The van der Waals surface area contributed by atoms with Gasteiger partial charge in [0.15, 0.2) is 5.82 Å². The summed E-state index contributed by atoms with van der Waals surface area (Å²) in [5.74, 6) is -0.498. The lowest BCUT2D eigenvalue weighted by Gasteiger charge is -2.11. The van der Waals surface area contributed by atoms with Crippen molar-refractivity contribution in [1.29, 1.82) is 0 Å². The topological polar surface area (TPSA) is 99.2 Å². The minimum atomic E-state index is -0.431. The average molecular weight is 394 g/mol. The van der Waals surface area contributed by atoms with Crippen LogP contribution in [-0.4, -0.2) is 22.6 Å². The number of carbonyl (C=O) groups excluding carboxylic acids is 1. The molecule has 0 spiro atoms. The molecule has 3 N–H and O–H groups in total. The molecule has 0 aliphatic rings. The highest BCUT2D eigenvalue weighted by Crippen LogP contribution is 2.15. The molecule has 152 valence electrons. The summed E-state index contributed by atoms with van der Waals surface area (Å²) in [6.07, 6.45) is 5.38. The van der Waals surface area contributed by atoms with E-state index >= 15 is 0 Å². The van der Waals surface area contributed by atoms with Crippen LogP contribution < -0.4 is 16.8 Å². The number of nitrogen functional groups attached to an aromatic ring is 1. The minimum Gasteiger partial charge on any atom is -0.379 e. The molecule has 3 aromatic rings. The Morgan fingerprint density at radius 2 is 1.93 bits per heavy atom. The molecule has 7 heteroatoms. The van der Waals surface area contributed by atoms with Crippen molar-refractivity contribution < 1.29 is 9.63 Å². The summed E-state index contributed by atoms with van der Waals surface area (Å²) in [6, 6.07) is 15.5. The molecule has 29 heavy (non-hydrogen) atoms. The van der Waals surface area contributed by atoms with E-state index in [1.165, 1.54) is 42.5 Å². The monoisotopic (exact) mass is 394 g/mol. The molecule has 3 rings (SSSR count). The molecule has 0 unspecified atom stereocenters. The molecule has 0 atom stereocenters. The van der Waals surface area contributed by atoms with Gasteiger partial charge in [-0.05, 0) is 36.6 Å². The van der Waals surface area contributed by atoms with Crippen LogP contribution in [0.2, 0.25) is 0 Å². The van der Waals surface area contributed by atoms with Gasteiger partial charge in [-0.3, -0.25) is 19.0 Å². The highest BCUT2D eigenvalue weighted by atomic mass is 16.6. The second kappa shape index (κ2) is 10.8. The number of aromatic nitrogens is 2. The van der Waals surface area contributed by atoms with E-state index in [4.69, 9.17) is 5.73 Å². The third-order valence-corrected chi connectivity index (χ3v) is 4.17. The van der Waals surface area contributed by atoms with Crippen molar-refractivity contribution in [1.82, 2.24) is 15.0 Å². The molecule has 2 aromatic carbocycles. The highest BCUT2D eigenvalue weighted by molar-refractivity contribution is 5.94. The van der Waals surface area contributed by atoms with E-state index in [2.05, 4.69) is 52.6 Å². The van der Waals surface area contributed by atoms with Crippen molar-refractivity contribution in [2.24, 2.45) is 0 Å². The van der Waals surface area contributed by atoms with Crippen LogP contribution in [0.1, 0.15) is 34.8 Å². The van der Waals surface area contributed by atoms with Crippen LogP contribution in [0.5, 0.6) is 0 Å². The molecule has 0 bridgehead atoms. The molecule has 0 aliphatic carbocycles. The molecular formula is C22H26N4O3. The number of hydrogen-bond acceptors (Lipinski definition) is 5. The van der Waals surface area contributed by atoms with E-state index in [-0.39, 0.29) is 5.82 Å². The fourth-order valence-corrected chi connectivity index (χ4v) is 2.71. The largest absolute Gasteiger partial charge is 0.379 e. The van der Waals surface area contributed by atoms with Gasteiger partial charge in [-0.2, -0.15) is 0 Å². The number of rotatable bonds is 5. The lowest BCUT2D eigenvalue weighted by molar-refractivity contribution is 0.0537.